The number of ether oxygens (including phenoxy) is 1. The lowest BCUT2D eigenvalue weighted by molar-refractivity contribution is 0.379. The van der Waals surface area contributed by atoms with Crippen LogP contribution in [-0.2, 0) is 0 Å². The minimum Gasteiger partial charge on any atom is -0.467 e. The predicted molar refractivity (Wildman–Crippen MR) is 68.5 cm³/mol. The molecule has 0 aromatic carbocycles. The van der Waals surface area contributed by atoms with Gasteiger partial charge in [0, 0.05) is 24.5 Å². The summed E-state index contributed by atoms with van der Waals surface area (Å²) in [6.07, 6.45) is 3.07. The first-order chi connectivity index (χ1) is 9.26. The van der Waals surface area contributed by atoms with Gasteiger partial charge in [-0.1, -0.05) is 0 Å². The summed E-state index contributed by atoms with van der Waals surface area (Å²) in [4.78, 5) is 16.4. The van der Waals surface area contributed by atoms with E-state index in [1.54, 1.807) is 12.3 Å². The van der Waals surface area contributed by atoms with Crippen molar-refractivity contribution in [2.45, 2.75) is 6.92 Å². The van der Waals surface area contributed by atoms with E-state index in [9.17, 15) is 0 Å². The molecule has 0 unspecified atom stereocenters. The molecule has 19 heavy (non-hydrogen) atoms. The van der Waals surface area contributed by atoms with E-state index in [2.05, 4.69) is 25.3 Å². The van der Waals surface area contributed by atoms with Gasteiger partial charge in [0.25, 0.3) is 0 Å². The lowest BCUT2D eigenvalue weighted by atomic mass is 10.2. The van der Waals surface area contributed by atoms with Crippen LogP contribution in [0.1, 0.15) is 12.5 Å². The summed E-state index contributed by atoms with van der Waals surface area (Å²) >= 11 is 0. The first-order valence-corrected chi connectivity index (χ1v) is 5.66. The Kier molecular flexibility index (Phi) is 3.83. The van der Waals surface area contributed by atoms with Crippen LogP contribution in [0.3, 0.4) is 0 Å². The number of rotatable bonds is 4. The van der Waals surface area contributed by atoms with Gasteiger partial charge in [-0.15, -0.1) is 0 Å². The van der Waals surface area contributed by atoms with Crippen molar-refractivity contribution >= 4 is 5.95 Å². The van der Waals surface area contributed by atoms with Crippen LogP contribution in [0, 0.1) is 11.3 Å². The fourth-order valence-electron chi connectivity index (χ4n) is 1.44. The van der Waals surface area contributed by atoms with E-state index in [0.717, 1.165) is 0 Å². The number of pyridine rings is 1. The zero-order valence-electron chi connectivity index (χ0n) is 10.6. The van der Waals surface area contributed by atoms with Crippen LogP contribution in [0.5, 0.6) is 6.01 Å². The van der Waals surface area contributed by atoms with E-state index in [-0.39, 0.29) is 6.01 Å². The third kappa shape index (κ3) is 2.93. The van der Waals surface area contributed by atoms with E-state index in [1.807, 2.05) is 13.0 Å². The minimum absolute atomic E-state index is 0.211. The van der Waals surface area contributed by atoms with Gasteiger partial charge >= 0.3 is 6.01 Å². The molecular formula is C12H12N6O. The number of hydrogen-bond donors (Lipinski definition) is 1. The quantitative estimate of drug-likeness (QED) is 0.879. The highest BCUT2D eigenvalue weighted by molar-refractivity contribution is 5.57. The van der Waals surface area contributed by atoms with Crippen molar-refractivity contribution < 1.29 is 4.74 Å². The second kappa shape index (κ2) is 5.73. The normalized spacial score (nSPS) is 9.74. The molecule has 0 spiro atoms. The highest BCUT2D eigenvalue weighted by Gasteiger charge is 2.09. The highest BCUT2D eigenvalue weighted by atomic mass is 16.5. The molecule has 0 bridgehead atoms. The molecule has 1 N–H and O–H groups in total. The second-order valence-electron chi connectivity index (χ2n) is 3.57. The molecule has 0 amide bonds. The molecule has 0 saturated heterocycles. The van der Waals surface area contributed by atoms with E-state index in [4.69, 9.17) is 10.00 Å². The standard InChI is InChI=1S/C12H12N6O/c1-3-15-11-16-10(17-12(18-11)19-2)9-4-8(5-13)6-14-7-9/h4,6-7H,3H2,1-2H3,(H,15,16,17,18). The fraction of sp³-hybridized carbons (Fsp3) is 0.250. The first kappa shape index (κ1) is 12.7. The van der Waals surface area contributed by atoms with E-state index in [1.165, 1.54) is 13.3 Å². The number of hydrogen-bond acceptors (Lipinski definition) is 7. The van der Waals surface area contributed by atoms with Crippen LogP contribution in [0.2, 0.25) is 0 Å². The molecule has 2 heterocycles. The number of nitriles is 1. The molecule has 0 aliphatic heterocycles. The Morgan fingerprint density at radius 2 is 2.16 bits per heavy atom. The molecule has 0 saturated carbocycles. The van der Waals surface area contributed by atoms with Gasteiger partial charge < -0.3 is 10.1 Å². The summed E-state index contributed by atoms with van der Waals surface area (Å²) in [5, 5.41) is 11.9. The summed E-state index contributed by atoms with van der Waals surface area (Å²) in [5.74, 6) is 0.833. The van der Waals surface area contributed by atoms with Crippen molar-refractivity contribution in [3.8, 4) is 23.5 Å². The minimum atomic E-state index is 0.211. The second-order valence-corrected chi connectivity index (χ2v) is 3.57. The van der Waals surface area contributed by atoms with Crippen LogP contribution in [0.4, 0.5) is 5.95 Å². The Hall–Kier alpha value is -2.75. The SMILES string of the molecule is CCNc1nc(OC)nc(-c2cncc(C#N)c2)n1. The number of nitrogens with zero attached hydrogens (tertiary/aromatic N) is 5. The molecule has 0 aliphatic carbocycles. The Morgan fingerprint density at radius 3 is 2.84 bits per heavy atom. The van der Waals surface area contributed by atoms with Gasteiger partial charge in [0.15, 0.2) is 5.82 Å². The van der Waals surface area contributed by atoms with Crippen LogP contribution in [-0.4, -0.2) is 33.6 Å². The summed E-state index contributed by atoms with van der Waals surface area (Å²) in [6, 6.07) is 3.90. The van der Waals surface area contributed by atoms with Crippen LogP contribution in [0.25, 0.3) is 11.4 Å². The number of aromatic nitrogens is 4. The molecule has 0 fully saturated rings. The molecule has 7 heteroatoms. The van der Waals surface area contributed by atoms with E-state index >= 15 is 0 Å². The summed E-state index contributed by atoms with van der Waals surface area (Å²) in [6.45, 7) is 2.62. The molecule has 2 rings (SSSR count). The van der Waals surface area contributed by atoms with Crippen LogP contribution >= 0.6 is 0 Å². The molecule has 0 aliphatic rings. The van der Waals surface area contributed by atoms with Gasteiger partial charge in [-0.05, 0) is 13.0 Å². The number of anilines is 1. The summed E-state index contributed by atoms with van der Waals surface area (Å²) in [5.41, 5.74) is 1.08. The molecule has 0 radical (unpaired) electrons. The van der Waals surface area contributed by atoms with E-state index in [0.29, 0.717) is 29.4 Å². The van der Waals surface area contributed by atoms with Gasteiger partial charge in [0.1, 0.15) is 6.07 Å². The lowest BCUT2D eigenvalue weighted by Gasteiger charge is -2.06. The average Bonchev–Trinajstić information content (AvgIpc) is 2.47. The van der Waals surface area contributed by atoms with Crippen molar-refractivity contribution in [3.63, 3.8) is 0 Å². The maximum Gasteiger partial charge on any atom is 0.321 e. The smallest absolute Gasteiger partial charge is 0.321 e. The topological polar surface area (TPSA) is 96.6 Å². The van der Waals surface area contributed by atoms with Gasteiger partial charge in [0.05, 0.1) is 12.7 Å². The van der Waals surface area contributed by atoms with Crippen LogP contribution in [0.15, 0.2) is 18.5 Å². The maximum absolute atomic E-state index is 8.87. The van der Waals surface area contributed by atoms with Crippen molar-refractivity contribution in [1.29, 1.82) is 5.26 Å². The monoisotopic (exact) mass is 256 g/mol. The maximum atomic E-state index is 8.87. The van der Waals surface area contributed by atoms with Crippen molar-refractivity contribution in [1.82, 2.24) is 19.9 Å². The van der Waals surface area contributed by atoms with Gasteiger partial charge in [-0.2, -0.15) is 20.2 Å². The zero-order valence-corrected chi connectivity index (χ0v) is 10.6. The van der Waals surface area contributed by atoms with Crippen LogP contribution < -0.4 is 10.1 Å². The first-order valence-electron chi connectivity index (χ1n) is 5.66. The number of methoxy groups -OCH3 is 1. The van der Waals surface area contributed by atoms with Crippen molar-refractivity contribution in [2.75, 3.05) is 19.0 Å². The molecule has 2 aromatic heterocycles. The highest BCUT2D eigenvalue weighted by Crippen LogP contribution is 2.18. The largest absolute Gasteiger partial charge is 0.467 e. The van der Waals surface area contributed by atoms with Crippen molar-refractivity contribution in [3.05, 3.63) is 24.0 Å². The van der Waals surface area contributed by atoms with Gasteiger partial charge in [-0.3, -0.25) is 4.98 Å². The predicted octanol–water partition coefficient (Wildman–Crippen LogP) is 1.25. The number of nitrogens with one attached hydrogen (secondary N) is 1. The Bertz CT molecular complexity index is 622. The van der Waals surface area contributed by atoms with Crippen molar-refractivity contribution in [2.24, 2.45) is 0 Å². The third-order valence-corrected chi connectivity index (χ3v) is 2.26. The Balaban J connectivity index is 2.48. The zero-order chi connectivity index (χ0) is 13.7. The summed E-state index contributed by atoms with van der Waals surface area (Å²) < 4.78 is 5.03. The molecule has 96 valence electrons. The molecule has 2 aromatic rings. The Morgan fingerprint density at radius 1 is 1.32 bits per heavy atom. The molecular weight excluding hydrogens is 244 g/mol. The van der Waals surface area contributed by atoms with Gasteiger partial charge in [-0.25, -0.2) is 0 Å². The van der Waals surface area contributed by atoms with E-state index < -0.39 is 0 Å². The fourth-order valence-corrected chi connectivity index (χ4v) is 1.44. The Labute approximate surface area is 110 Å². The van der Waals surface area contributed by atoms with Gasteiger partial charge in [0.2, 0.25) is 5.95 Å². The molecule has 7 nitrogen and oxygen atoms in total. The average molecular weight is 256 g/mol. The third-order valence-electron chi connectivity index (χ3n) is 2.26. The summed E-state index contributed by atoms with van der Waals surface area (Å²) in [7, 11) is 1.48. The molecule has 0 atom stereocenters. The lowest BCUT2D eigenvalue weighted by Crippen LogP contribution is -2.06.